The summed E-state index contributed by atoms with van der Waals surface area (Å²) in [6.07, 6.45) is 1.39. The number of halogens is 1. The Morgan fingerprint density at radius 3 is 2.67 bits per heavy atom. The van der Waals surface area contributed by atoms with Gasteiger partial charge >= 0.3 is 0 Å². The van der Waals surface area contributed by atoms with Gasteiger partial charge < -0.3 is 10.6 Å². The maximum Gasteiger partial charge on any atom is 0.246 e. The van der Waals surface area contributed by atoms with Gasteiger partial charge in [0.15, 0.2) is 0 Å². The summed E-state index contributed by atoms with van der Waals surface area (Å²) in [6.45, 7) is 5.25. The molecule has 0 bridgehead atoms. The average Bonchev–Trinajstić information content (AvgIpc) is 2.87. The van der Waals surface area contributed by atoms with E-state index < -0.39 is 10.0 Å². The van der Waals surface area contributed by atoms with E-state index in [4.69, 9.17) is 0 Å². The number of H-pyrrole nitrogens is 1. The molecular weight excluding hydrogens is 354 g/mol. The summed E-state index contributed by atoms with van der Waals surface area (Å²) >= 11 is 0. The molecule has 0 spiro atoms. The highest BCUT2D eigenvalue weighted by molar-refractivity contribution is 7.89. The minimum atomic E-state index is -3.62. The van der Waals surface area contributed by atoms with E-state index in [0.29, 0.717) is 43.9 Å². The number of nitrogens with zero attached hydrogens (tertiary/aromatic N) is 2. The van der Waals surface area contributed by atoms with Crippen LogP contribution < -0.4 is 10.6 Å². The van der Waals surface area contributed by atoms with Crippen molar-refractivity contribution < 1.29 is 13.2 Å². The molecule has 0 aromatic carbocycles. The topological polar surface area (TPSA) is 107 Å². The highest BCUT2D eigenvalue weighted by Gasteiger charge is 2.35. The largest absolute Gasteiger partial charge is 0.355 e. The van der Waals surface area contributed by atoms with Gasteiger partial charge in [0.1, 0.15) is 4.90 Å². The molecule has 2 heterocycles. The number of aryl methyl sites for hydroxylation is 2. The van der Waals surface area contributed by atoms with Crippen LogP contribution in [0.2, 0.25) is 0 Å². The molecule has 1 saturated heterocycles. The molecule has 1 unspecified atom stereocenters. The molecule has 8 nitrogen and oxygen atoms in total. The third kappa shape index (κ3) is 4.47. The van der Waals surface area contributed by atoms with E-state index in [0.717, 1.165) is 0 Å². The molecule has 0 saturated carbocycles. The third-order valence-electron chi connectivity index (χ3n) is 4.09. The molecule has 1 aliphatic heterocycles. The Morgan fingerprint density at radius 1 is 1.38 bits per heavy atom. The van der Waals surface area contributed by atoms with E-state index >= 15 is 0 Å². The maximum atomic E-state index is 12.8. The Labute approximate surface area is 149 Å². The molecule has 1 atom stereocenters. The summed E-state index contributed by atoms with van der Waals surface area (Å²) in [4.78, 5) is 12.4. The molecule has 3 N–H and O–H groups in total. The number of likely N-dealkylation sites (N-methyl/N-ethyl adjacent to an activating group) is 1. The van der Waals surface area contributed by atoms with Crippen molar-refractivity contribution in [2.75, 3.05) is 33.2 Å². The summed E-state index contributed by atoms with van der Waals surface area (Å²) in [6, 6.07) is 0. The van der Waals surface area contributed by atoms with Crippen LogP contribution in [0.25, 0.3) is 0 Å². The lowest BCUT2D eigenvalue weighted by atomic mass is 9.99. The number of aromatic nitrogens is 2. The quantitative estimate of drug-likeness (QED) is 0.611. The van der Waals surface area contributed by atoms with Crippen molar-refractivity contribution in [3.8, 4) is 0 Å². The van der Waals surface area contributed by atoms with Gasteiger partial charge in [0.05, 0.1) is 17.3 Å². The number of rotatable bonds is 6. The Hall–Kier alpha value is -1.16. The van der Waals surface area contributed by atoms with Crippen LogP contribution in [0, 0.1) is 19.8 Å². The second kappa shape index (κ2) is 8.80. The van der Waals surface area contributed by atoms with Gasteiger partial charge in [0, 0.05) is 26.2 Å². The van der Waals surface area contributed by atoms with Crippen LogP contribution >= 0.6 is 12.4 Å². The van der Waals surface area contributed by atoms with E-state index in [1.54, 1.807) is 13.8 Å². The maximum absolute atomic E-state index is 12.8. The standard InChI is InChI=1S/C14H25N5O3S.ClH/c1-10-13(11(2)18-17-10)23(21,22)19-8-4-5-12(9-19)14(20)16-7-6-15-3;/h12,15H,4-9H2,1-3H3,(H,16,20)(H,17,18);1H. The number of piperidine rings is 1. The van der Waals surface area contributed by atoms with Gasteiger partial charge in [-0.2, -0.15) is 9.40 Å². The molecule has 1 aromatic heterocycles. The van der Waals surface area contributed by atoms with Crippen LogP contribution in [-0.2, 0) is 14.8 Å². The van der Waals surface area contributed by atoms with E-state index in [1.807, 2.05) is 7.05 Å². The van der Waals surface area contributed by atoms with Gasteiger partial charge in [-0.25, -0.2) is 8.42 Å². The highest BCUT2D eigenvalue weighted by atomic mass is 35.5. The number of aromatic amines is 1. The number of hydrogen-bond donors (Lipinski definition) is 3. The molecule has 1 amide bonds. The zero-order valence-corrected chi connectivity index (χ0v) is 15.9. The molecule has 10 heteroatoms. The summed E-state index contributed by atoms with van der Waals surface area (Å²) in [5, 5.41) is 12.5. The van der Waals surface area contributed by atoms with E-state index in [1.165, 1.54) is 4.31 Å². The van der Waals surface area contributed by atoms with Crippen LogP contribution in [0.15, 0.2) is 4.90 Å². The molecule has 1 fully saturated rings. The Balaban J connectivity index is 0.00000288. The summed E-state index contributed by atoms with van der Waals surface area (Å²) < 4.78 is 27.1. The Bertz CT molecular complexity index is 642. The summed E-state index contributed by atoms with van der Waals surface area (Å²) in [7, 11) is -1.81. The van der Waals surface area contributed by atoms with Crippen LogP contribution in [0.5, 0.6) is 0 Å². The average molecular weight is 380 g/mol. The lowest BCUT2D eigenvalue weighted by Crippen LogP contribution is -2.46. The van der Waals surface area contributed by atoms with Crippen molar-refractivity contribution >= 4 is 28.3 Å². The SMILES string of the molecule is CNCCNC(=O)C1CCCN(S(=O)(=O)c2c(C)n[nH]c2C)C1.Cl. The normalized spacial score (nSPS) is 18.9. The Morgan fingerprint density at radius 2 is 2.08 bits per heavy atom. The van der Waals surface area contributed by atoms with Crippen LogP contribution in [-0.4, -0.2) is 62.1 Å². The summed E-state index contributed by atoms with van der Waals surface area (Å²) in [5.41, 5.74) is 0.992. The number of carbonyl (C=O) groups excluding carboxylic acids is 1. The predicted octanol–water partition coefficient (Wildman–Crippen LogP) is 0.185. The smallest absolute Gasteiger partial charge is 0.246 e. The van der Waals surface area contributed by atoms with Crippen molar-refractivity contribution in [1.82, 2.24) is 25.1 Å². The number of amides is 1. The van der Waals surface area contributed by atoms with Gasteiger partial charge in [0.25, 0.3) is 0 Å². The van der Waals surface area contributed by atoms with Crippen molar-refractivity contribution in [3.05, 3.63) is 11.4 Å². The van der Waals surface area contributed by atoms with Gasteiger partial charge in [-0.05, 0) is 33.7 Å². The summed E-state index contributed by atoms with van der Waals surface area (Å²) in [5.74, 6) is -0.385. The molecule has 1 aromatic rings. The first kappa shape index (κ1) is 20.9. The fourth-order valence-corrected chi connectivity index (χ4v) is 4.73. The van der Waals surface area contributed by atoms with Gasteiger partial charge in [-0.15, -0.1) is 12.4 Å². The lowest BCUT2D eigenvalue weighted by molar-refractivity contribution is -0.126. The molecular formula is C14H26ClN5O3S. The third-order valence-corrected chi connectivity index (χ3v) is 6.22. The Kier molecular flexibility index (Phi) is 7.65. The second-order valence-corrected chi connectivity index (χ2v) is 7.73. The van der Waals surface area contributed by atoms with Crippen molar-refractivity contribution in [3.63, 3.8) is 0 Å². The molecule has 138 valence electrons. The molecule has 24 heavy (non-hydrogen) atoms. The van der Waals surface area contributed by atoms with Gasteiger partial charge in [-0.3, -0.25) is 9.89 Å². The van der Waals surface area contributed by atoms with Crippen LogP contribution in [0.1, 0.15) is 24.2 Å². The van der Waals surface area contributed by atoms with Crippen molar-refractivity contribution in [2.24, 2.45) is 5.92 Å². The van der Waals surface area contributed by atoms with Crippen molar-refractivity contribution in [1.29, 1.82) is 0 Å². The number of sulfonamides is 1. The highest BCUT2D eigenvalue weighted by Crippen LogP contribution is 2.26. The molecule has 2 rings (SSSR count). The molecule has 0 radical (unpaired) electrons. The molecule has 1 aliphatic rings. The minimum Gasteiger partial charge on any atom is -0.355 e. The van der Waals surface area contributed by atoms with Gasteiger partial charge in [-0.1, -0.05) is 0 Å². The number of hydrogen-bond acceptors (Lipinski definition) is 5. The van der Waals surface area contributed by atoms with Crippen molar-refractivity contribution in [2.45, 2.75) is 31.6 Å². The number of nitrogens with one attached hydrogen (secondary N) is 3. The monoisotopic (exact) mass is 379 g/mol. The van der Waals surface area contributed by atoms with Crippen LogP contribution in [0.4, 0.5) is 0 Å². The molecule has 0 aliphatic carbocycles. The zero-order valence-electron chi connectivity index (χ0n) is 14.3. The predicted molar refractivity (Wildman–Crippen MR) is 93.7 cm³/mol. The minimum absolute atomic E-state index is 0. The second-order valence-electron chi connectivity index (χ2n) is 5.86. The number of carbonyl (C=O) groups is 1. The fourth-order valence-electron chi connectivity index (χ4n) is 2.88. The first-order chi connectivity index (χ1) is 10.9. The van der Waals surface area contributed by atoms with E-state index in [9.17, 15) is 13.2 Å². The van der Waals surface area contributed by atoms with E-state index in [2.05, 4.69) is 20.8 Å². The fraction of sp³-hybridized carbons (Fsp3) is 0.714. The first-order valence-electron chi connectivity index (χ1n) is 7.82. The lowest BCUT2D eigenvalue weighted by Gasteiger charge is -2.31. The van der Waals surface area contributed by atoms with E-state index in [-0.39, 0.29) is 35.7 Å². The van der Waals surface area contributed by atoms with Gasteiger partial charge in [0.2, 0.25) is 15.9 Å². The first-order valence-corrected chi connectivity index (χ1v) is 9.26. The zero-order chi connectivity index (χ0) is 17.0. The van der Waals surface area contributed by atoms with Crippen LogP contribution in [0.3, 0.4) is 0 Å².